The molecule has 0 aromatic carbocycles. The molecule has 112 valence electrons. The van der Waals surface area contributed by atoms with E-state index in [-0.39, 0.29) is 19.4 Å². The second kappa shape index (κ2) is 6.98. The van der Waals surface area contributed by atoms with Gasteiger partial charge in [-0.25, -0.2) is 4.79 Å². The van der Waals surface area contributed by atoms with E-state index in [0.717, 1.165) is 25.7 Å². The van der Waals surface area contributed by atoms with Gasteiger partial charge in [0.25, 0.3) is 0 Å². The maximum absolute atomic E-state index is 12.1. The SMILES string of the molecule is C#CCN(C(=O)OCOC(C)=O)C1CCC2=CCCC=C21. The average Bonchev–Trinajstić information content (AvgIpc) is 2.88. The highest BCUT2D eigenvalue weighted by atomic mass is 16.7. The molecule has 0 aromatic rings. The Kier molecular flexibility index (Phi) is 5.04. The van der Waals surface area contributed by atoms with Crippen molar-refractivity contribution >= 4 is 12.1 Å². The van der Waals surface area contributed by atoms with Crippen LogP contribution in [0.25, 0.3) is 0 Å². The molecule has 1 atom stereocenters. The van der Waals surface area contributed by atoms with Crippen molar-refractivity contribution in [1.29, 1.82) is 0 Å². The topological polar surface area (TPSA) is 55.8 Å². The number of ether oxygens (including phenoxy) is 2. The molecular formula is C16H19NO4. The predicted molar refractivity (Wildman–Crippen MR) is 77.1 cm³/mol. The third-order valence-corrected chi connectivity index (χ3v) is 3.66. The zero-order chi connectivity index (χ0) is 15.2. The molecule has 0 aromatic heterocycles. The van der Waals surface area contributed by atoms with Crippen LogP contribution < -0.4 is 0 Å². The van der Waals surface area contributed by atoms with Crippen LogP contribution >= 0.6 is 0 Å². The van der Waals surface area contributed by atoms with Crippen molar-refractivity contribution < 1.29 is 19.1 Å². The van der Waals surface area contributed by atoms with E-state index in [2.05, 4.69) is 22.8 Å². The first kappa shape index (κ1) is 15.2. The minimum absolute atomic E-state index is 0.0440. The number of hydrogen-bond acceptors (Lipinski definition) is 4. The van der Waals surface area contributed by atoms with E-state index in [1.54, 1.807) is 0 Å². The summed E-state index contributed by atoms with van der Waals surface area (Å²) in [5, 5.41) is 0. The Morgan fingerprint density at radius 3 is 2.86 bits per heavy atom. The molecule has 0 aliphatic heterocycles. The van der Waals surface area contributed by atoms with Crippen molar-refractivity contribution in [1.82, 2.24) is 4.90 Å². The summed E-state index contributed by atoms with van der Waals surface area (Å²) in [7, 11) is 0. The largest absolute Gasteiger partial charge is 0.428 e. The second-order valence-electron chi connectivity index (χ2n) is 5.02. The fourth-order valence-electron chi connectivity index (χ4n) is 2.76. The lowest BCUT2D eigenvalue weighted by Crippen LogP contribution is -2.41. The number of nitrogens with zero attached hydrogens (tertiary/aromatic N) is 1. The van der Waals surface area contributed by atoms with Gasteiger partial charge in [-0.1, -0.05) is 18.1 Å². The number of allylic oxidation sites excluding steroid dienone is 2. The Morgan fingerprint density at radius 1 is 1.38 bits per heavy atom. The predicted octanol–water partition coefficient (Wildman–Crippen LogP) is 2.39. The van der Waals surface area contributed by atoms with Crippen LogP contribution in [0.15, 0.2) is 23.3 Å². The van der Waals surface area contributed by atoms with Crippen molar-refractivity contribution in [3.8, 4) is 12.3 Å². The van der Waals surface area contributed by atoms with Crippen molar-refractivity contribution in [3.05, 3.63) is 23.3 Å². The van der Waals surface area contributed by atoms with Crippen LogP contribution in [0, 0.1) is 12.3 Å². The quantitative estimate of drug-likeness (QED) is 0.453. The van der Waals surface area contributed by atoms with Crippen LogP contribution in [0.5, 0.6) is 0 Å². The molecule has 0 heterocycles. The molecule has 0 saturated heterocycles. The van der Waals surface area contributed by atoms with E-state index in [1.165, 1.54) is 23.0 Å². The van der Waals surface area contributed by atoms with Gasteiger partial charge in [0.1, 0.15) is 0 Å². The van der Waals surface area contributed by atoms with Crippen LogP contribution in [0.3, 0.4) is 0 Å². The van der Waals surface area contributed by atoms with Gasteiger partial charge >= 0.3 is 12.1 Å². The maximum Gasteiger partial charge on any atom is 0.413 e. The molecule has 2 rings (SSSR count). The lowest BCUT2D eigenvalue weighted by atomic mass is 9.98. The van der Waals surface area contributed by atoms with Gasteiger partial charge < -0.3 is 9.47 Å². The summed E-state index contributed by atoms with van der Waals surface area (Å²) >= 11 is 0. The highest BCUT2D eigenvalue weighted by Gasteiger charge is 2.34. The molecule has 0 radical (unpaired) electrons. The molecule has 0 spiro atoms. The smallest absolute Gasteiger partial charge is 0.413 e. The second-order valence-corrected chi connectivity index (χ2v) is 5.02. The summed E-state index contributed by atoms with van der Waals surface area (Å²) in [4.78, 5) is 24.4. The first-order chi connectivity index (χ1) is 10.1. The van der Waals surface area contributed by atoms with Gasteiger partial charge in [-0.3, -0.25) is 9.69 Å². The summed E-state index contributed by atoms with van der Waals surface area (Å²) in [6.07, 6.45) is 13.1. The molecule has 2 aliphatic rings. The molecule has 0 bridgehead atoms. The van der Waals surface area contributed by atoms with Crippen LogP contribution in [0.4, 0.5) is 4.79 Å². The van der Waals surface area contributed by atoms with Crippen molar-refractivity contribution in [3.63, 3.8) is 0 Å². The van der Waals surface area contributed by atoms with E-state index in [1.807, 2.05) is 0 Å². The minimum atomic E-state index is -0.549. The zero-order valence-corrected chi connectivity index (χ0v) is 12.1. The summed E-state index contributed by atoms with van der Waals surface area (Å²) in [5.74, 6) is 2.00. The third kappa shape index (κ3) is 3.66. The molecule has 21 heavy (non-hydrogen) atoms. The van der Waals surface area contributed by atoms with Crippen LogP contribution in [-0.4, -0.2) is 36.3 Å². The fourth-order valence-corrected chi connectivity index (χ4v) is 2.76. The van der Waals surface area contributed by atoms with Crippen LogP contribution in [0.2, 0.25) is 0 Å². The van der Waals surface area contributed by atoms with E-state index >= 15 is 0 Å². The highest BCUT2D eigenvalue weighted by molar-refractivity contribution is 5.70. The number of amides is 1. The summed E-state index contributed by atoms with van der Waals surface area (Å²) in [6.45, 7) is 1.05. The van der Waals surface area contributed by atoms with Gasteiger partial charge in [0, 0.05) is 6.92 Å². The van der Waals surface area contributed by atoms with Gasteiger partial charge in [0.2, 0.25) is 6.79 Å². The Bertz CT molecular complexity index is 527. The van der Waals surface area contributed by atoms with E-state index in [4.69, 9.17) is 11.2 Å². The molecule has 2 aliphatic carbocycles. The number of rotatable bonds is 4. The van der Waals surface area contributed by atoms with Crippen LogP contribution in [0.1, 0.15) is 32.6 Å². The van der Waals surface area contributed by atoms with Gasteiger partial charge in [0.05, 0.1) is 12.6 Å². The molecule has 0 N–H and O–H groups in total. The van der Waals surface area contributed by atoms with Crippen molar-refractivity contribution in [2.45, 2.75) is 38.6 Å². The number of hydrogen-bond donors (Lipinski definition) is 0. The number of esters is 1. The molecule has 5 nitrogen and oxygen atoms in total. The van der Waals surface area contributed by atoms with Crippen LogP contribution in [-0.2, 0) is 14.3 Å². The number of carbonyl (C=O) groups excluding carboxylic acids is 2. The van der Waals surface area contributed by atoms with E-state index in [0.29, 0.717) is 0 Å². The number of carbonyl (C=O) groups is 2. The Labute approximate surface area is 124 Å². The molecule has 1 fully saturated rings. The average molecular weight is 289 g/mol. The Morgan fingerprint density at radius 2 is 2.14 bits per heavy atom. The van der Waals surface area contributed by atoms with Gasteiger partial charge in [-0.2, -0.15) is 0 Å². The lowest BCUT2D eigenvalue weighted by Gasteiger charge is -2.28. The maximum atomic E-state index is 12.1. The number of terminal acetylenes is 1. The van der Waals surface area contributed by atoms with Gasteiger partial charge in [0.15, 0.2) is 0 Å². The van der Waals surface area contributed by atoms with Crippen molar-refractivity contribution in [2.75, 3.05) is 13.3 Å². The summed E-state index contributed by atoms with van der Waals surface area (Å²) in [5.41, 5.74) is 2.49. The van der Waals surface area contributed by atoms with E-state index < -0.39 is 12.1 Å². The molecule has 1 unspecified atom stereocenters. The van der Waals surface area contributed by atoms with Crippen molar-refractivity contribution in [2.24, 2.45) is 0 Å². The molecule has 1 amide bonds. The molecular weight excluding hydrogens is 270 g/mol. The van der Waals surface area contributed by atoms with Gasteiger partial charge in [-0.15, -0.1) is 6.42 Å². The normalized spacial score (nSPS) is 19.7. The van der Waals surface area contributed by atoms with Gasteiger partial charge in [-0.05, 0) is 36.8 Å². The summed E-state index contributed by atoms with van der Waals surface area (Å²) in [6, 6.07) is -0.0440. The molecule has 1 saturated carbocycles. The van der Waals surface area contributed by atoms with E-state index in [9.17, 15) is 9.59 Å². The Balaban J connectivity index is 2.03. The third-order valence-electron chi connectivity index (χ3n) is 3.66. The first-order valence-electron chi connectivity index (χ1n) is 7.03. The fraction of sp³-hybridized carbons (Fsp3) is 0.500. The first-order valence-corrected chi connectivity index (χ1v) is 7.03. The number of fused-ring (bicyclic) bond motifs is 1. The lowest BCUT2D eigenvalue weighted by molar-refractivity contribution is -0.149. The summed E-state index contributed by atoms with van der Waals surface area (Å²) < 4.78 is 9.59. The Hall–Kier alpha value is -2.22. The zero-order valence-electron chi connectivity index (χ0n) is 12.1. The monoisotopic (exact) mass is 289 g/mol. The molecule has 5 heteroatoms. The standard InChI is InChI=1S/C16H19NO4/c1-3-10-17(16(19)21-11-20-12(2)18)15-9-8-13-6-4-5-7-14(13)15/h1,6-7,15H,4-5,8-11H2,2H3. The highest BCUT2D eigenvalue weighted by Crippen LogP contribution is 2.37. The minimum Gasteiger partial charge on any atom is -0.428 e.